The van der Waals surface area contributed by atoms with Crippen molar-refractivity contribution in [3.8, 4) is 0 Å². The number of amides is 1. The number of pyridine rings is 2. The number of ether oxygens (including phenoxy) is 1. The fraction of sp³-hybridized carbons (Fsp3) is 0.355. The van der Waals surface area contributed by atoms with Gasteiger partial charge in [-0.15, -0.1) is 0 Å². The Balaban J connectivity index is 0.000000365. The first-order chi connectivity index (χ1) is 24.1. The molecule has 1 aromatic carbocycles. The molecular formula is C31H29F9N4O8. The van der Waals surface area contributed by atoms with Crippen LogP contribution in [-0.4, -0.2) is 109 Å². The number of aromatic nitrogens is 2. The van der Waals surface area contributed by atoms with E-state index in [4.69, 9.17) is 34.4 Å². The summed E-state index contributed by atoms with van der Waals surface area (Å²) < 4.78 is 102. The zero-order valence-corrected chi connectivity index (χ0v) is 26.4. The van der Waals surface area contributed by atoms with Crippen LogP contribution in [0.25, 0.3) is 0 Å². The number of carbonyl (C=O) groups excluding carboxylic acids is 1. The highest BCUT2D eigenvalue weighted by molar-refractivity contribution is 5.88. The average molecular weight is 757 g/mol. The smallest absolute Gasteiger partial charge is 0.475 e. The summed E-state index contributed by atoms with van der Waals surface area (Å²) in [5.74, 6) is -8.26. The molecule has 2 aromatic heterocycles. The quantitative estimate of drug-likeness (QED) is 0.307. The molecule has 0 saturated carbocycles. The van der Waals surface area contributed by atoms with E-state index in [9.17, 15) is 44.3 Å². The Morgan fingerprint density at radius 3 is 1.65 bits per heavy atom. The van der Waals surface area contributed by atoms with Gasteiger partial charge in [-0.05, 0) is 28.8 Å². The van der Waals surface area contributed by atoms with Gasteiger partial charge in [0.25, 0.3) is 5.91 Å². The van der Waals surface area contributed by atoms with Gasteiger partial charge in [0.1, 0.15) is 0 Å². The molecule has 0 bridgehead atoms. The van der Waals surface area contributed by atoms with Gasteiger partial charge in [0.15, 0.2) is 5.60 Å². The predicted octanol–water partition coefficient (Wildman–Crippen LogP) is 4.77. The van der Waals surface area contributed by atoms with Crippen molar-refractivity contribution >= 4 is 23.8 Å². The second-order valence-electron chi connectivity index (χ2n) is 10.7. The SMILES string of the molecule is O=C(O)C(F)(F)F.O=C(O)C(F)(F)F.O=C(O)C(F)(F)F.O=C1N(Cc2ccccc2)CCOC12CN(Cc1cccnc1)CC2c1cccnc1. The Hall–Kier alpha value is -5.31. The van der Waals surface area contributed by atoms with Crippen molar-refractivity contribution in [2.45, 2.75) is 43.1 Å². The van der Waals surface area contributed by atoms with Crippen molar-refractivity contribution in [2.75, 3.05) is 26.2 Å². The Morgan fingerprint density at radius 2 is 1.21 bits per heavy atom. The first-order valence-electron chi connectivity index (χ1n) is 14.5. The third-order valence-corrected chi connectivity index (χ3v) is 6.99. The van der Waals surface area contributed by atoms with Crippen LogP contribution in [0.15, 0.2) is 79.4 Å². The van der Waals surface area contributed by atoms with Gasteiger partial charge in [-0.25, -0.2) is 14.4 Å². The van der Waals surface area contributed by atoms with Gasteiger partial charge in [-0.2, -0.15) is 39.5 Å². The molecule has 52 heavy (non-hydrogen) atoms. The summed E-state index contributed by atoms with van der Waals surface area (Å²) in [6.45, 7) is 3.79. The number of carboxylic acids is 3. The van der Waals surface area contributed by atoms with E-state index in [0.717, 1.165) is 29.8 Å². The lowest BCUT2D eigenvalue weighted by Gasteiger charge is -2.42. The standard InChI is InChI=1S/C25H26N4O2.3C2HF3O2/c30-24-25(31-13-12-29(24)17-20-6-2-1-3-7-20)19-28(16-21-8-4-10-26-14-21)18-23(25)22-9-5-11-27-15-22;3*3-2(4,5)1(6)7/h1-11,14-15,23H,12-13,16-19H2;3*(H,6,7). The van der Waals surface area contributed by atoms with Gasteiger partial charge >= 0.3 is 36.4 Å². The number of hydrogen-bond donors (Lipinski definition) is 3. The predicted molar refractivity (Wildman–Crippen MR) is 158 cm³/mol. The van der Waals surface area contributed by atoms with Crippen molar-refractivity contribution in [2.24, 2.45) is 0 Å². The third-order valence-electron chi connectivity index (χ3n) is 6.99. The molecular weight excluding hydrogens is 727 g/mol. The van der Waals surface area contributed by atoms with Crippen LogP contribution in [0.5, 0.6) is 0 Å². The lowest BCUT2D eigenvalue weighted by atomic mass is 9.83. The maximum atomic E-state index is 13.9. The molecule has 284 valence electrons. The summed E-state index contributed by atoms with van der Waals surface area (Å²) in [5, 5.41) is 21.4. The second kappa shape index (κ2) is 18.3. The number of benzene rings is 1. The van der Waals surface area contributed by atoms with Crippen molar-refractivity contribution in [3.63, 3.8) is 0 Å². The summed E-state index contributed by atoms with van der Waals surface area (Å²) in [4.78, 5) is 53.4. The highest BCUT2D eigenvalue weighted by Crippen LogP contribution is 2.42. The maximum Gasteiger partial charge on any atom is 0.490 e. The lowest BCUT2D eigenvalue weighted by Crippen LogP contribution is -2.59. The molecule has 5 rings (SSSR count). The number of rotatable bonds is 5. The van der Waals surface area contributed by atoms with E-state index in [-0.39, 0.29) is 11.8 Å². The highest BCUT2D eigenvalue weighted by Gasteiger charge is 2.57. The summed E-state index contributed by atoms with van der Waals surface area (Å²) in [5.41, 5.74) is 2.43. The van der Waals surface area contributed by atoms with Crippen LogP contribution in [0.2, 0.25) is 0 Å². The van der Waals surface area contributed by atoms with Gasteiger partial charge < -0.3 is 25.0 Å². The fourth-order valence-corrected chi connectivity index (χ4v) is 4.83. The molecule has 2 aliphatic rings. The molecule has 2 aliphatic heterocycles. The van der Waals surface area contributed by atoms with Crippen LogP contribution in [0, 0.1) is 0 Å². The van der Waals surface area contributed by atoms with E-state index in [1.54, 1.807) is 12.4 Å². The first-order valence-corrected chi connectivity index (χ1v) is 14.5. The summed E-state index contributed by atoms with van der Waals surface area (Å²) in [6.07, 6.45) is -7.95. The van der Waals surface area contributed by atoms with Crippen LogP contribution in [0.1, 0.15) is 22.6 Å². The van der Waals surface area contributed by atoms with E-state index in [1.165, 1.54) is 0 Å². The minimum atomic E-state index is -5.08. The van der Waals surface area contributed by atoms with E-state index in [2.05, 4.69) is 39.1 Å². The molecule has 1 amide bonds. The number of likely N-dealkylation sites (tertiary alicyclic amines) is 1. The van der Waals surface area contributed by atoms with Crippen molar-refractivity contribution in [3.05, 3.63) is 96.1 Å². The average Bonchev–Trinajstić information content (AvgIpc) is 3.42. The van der Waals surface area contributed by atoms with E-state index in [0.29, 0.717) is 26.2 Å². The monoisotopic (exact) mass is 756 g/mol. The lowest BCUT2D eigenvalue weighted by molar-refractivity contribution is -0.193. The van der Waals surface area contributed by atoms with E-state index >= 15 is 0 Å². The first kappa shape index (κ1) is 42.9. The summed E-state index contributed by atoms with van der Waals surface area (Å²) in [6, 6.07) is 18.2. The molecule has 4 heterocycles. The van der Waals surface area contributed by atoms with Crippen LogP contribution in [0.4, 0.5) is 39.5 Å². The number of halogens is 9. The minimum Gasteiger partial charge on any atom is -0.475 e. The fourth-order valence-electron chi connectivity index (χ4n) is 4.83. The Bertz CT molecular complexity index is 1560. The Kier molecular flexibility index (Phi) is 15.0. The number of morpholine rings is 1. The highest BCUT2D eigenvalue weighted by atomic mass is 19.4. The molecule has 0 radical (unpaired) electrons. The molecule has 2 unspecified atom stereocenters. The van der Waals surface area contributed by atoms with Crippen LogP contribution >= 0.6 is 0 Å². The number of carbonyl (C=O) groups is 4. The number of carboxylic acid groups (broad SMARTS) is 3. The maximum absolute atomic E-state index is 13.9. The van der Waals surface area contributed by atoms with Crippen molar-refractivity contribution in [1.82, 2.24) is 19.8 Å². The van der Waals surface area contributed by atoms with Gasteiger partial charge in [0.05, 0.1) is 6.61 Å². The van der Waals surface area contributed by atoms with Crippen molar-refractivity contribution in [1.29, 1.82) is 0 Å². The Labute approximate surface area is 288 Å². The second-order valence-corrected chi connectivity index (χ2v) is 10.7. The van der Waals surface area contributed by atoms with Gasteiger partial charge in [-0.3, -0.25) is 19.7 Å². The normalized spacial score (nSPS) is 18.9. The van der Waals surface area contributed by atoms with Crippen LogP contribution < -0.4 is 0 Å². The molecule has 2 fully saturated rings. The number of aliphatic carboxylic acids is 3. The van der Waals surface area contributed by atoms with Crippen LogP contribution in [-0.2, 0) is 37.0 Å². The zero-order valence-electron chi connectivity index (χ0n) is 26.4. The molecule has 3 N–H and O–H groups in total. The zero-order chi connectivity index (χ0) is 39.3. The molecule has 0 aliphatic carbocycles. The number of nitrogens with zero attached hydrogens (tertiary/aromatic N) is 4. The number of hydrogen-bond acceptors (Lipinski definition) is 8. The number of alkyl halides is 9. The summed E-state index contributed by atoms with van der Waals surface area (Å²) in [7, 11) is 0. The molecule has 1 spiro atoms. The van der Waals surface area contributed by atoms with Gasteiger partial charge in [0, 0.05) is 63.4 Å². The Morgan fingerprint density at radius 1 is 0.731 bits per heavy atom. The topological polar surface area (TPSA) is 170 Å². The van der Waals surface area contributed by atoms with Crippen molar-refractivity contribution < 1.29 is 78.7 Å². The molecule has 21 heteroatoms. The largest absolute Gasteiger partial charge is 0.490 e. The van der Waals surface area contributed by atoms with E-state index in [1.807, 2.05) is 47.6 Å². The third kappa shape index (κ3) is 13.1. The molecule has 12 nitrogen and oxygen atoms in total. The van der Waals surface area contributed by atoms with Gasteiger partial charge in [0.2, 0.25) is 0 Å². The molecule has 3 aromatic rings. The van der Waals surface area contributed by atoms with Crippen LogP contribution in [0.3, 0.4) is 0 Å². The molecule has 2 atom stereocenters. The van der Waals surface area contributed by atoms with E-state index < -0.39 is 42.0 Å². The summed E-state index contributed by atoms with van der Waals surface area (Å²) >= 11 is 0. The molecule has 2 saturated heterocycles. The van der Waals surface area contributed by atoms with Gasteiger partial charge in [-0.1, -0.05) is 42.5 Å². The minimum absolute atomic E-state index is 0.0658.